The lowest BCUT2D eigenvalue weighted by Gasteiger charge is -2.21. The first kappa shape index (κ1) is 23.1. The summed E-state index contributed by atoms with van der Waals surface area (Å²) in [6.45, 7) is 0. The number of nitrogens with zero attached hydrogens (tertiary/aromatic N) is 1. The minimum absolute atomic E-state index is 0.234. The summed E-state index contributed by atoms with van der Waals surface area (Å²) < 4.78 is 15.5. The van der Waals surface area contributed by atoms with Crippen molar-refractivity contribution >= 4 is 40.9 Å². The largest absolute Gasteiger partial charge is 0.493 e. The molecule has 0 fully saturated rings. The fraction of sp³-hybridized carbons (Fsp3) is 0.111. The molecule has 0 spiro atoms. The third kappa shape index (κ3) is 4.54. The predicted molar refractivity (Wildman–Crippen MR) is 132 cm³/mol. The summed E-state index contributed by atoms with van der Waals surface area (Å²) in [5, 5.41) is 0.592. The summed E-state index contributed by atoms with van der Waals surface area (Å²) >= 11 is 6.08. The van der Waals surface area contributed by atoms with E-state index in [1.807, 2.05) is 24.3 Å². The molecule has 1 heterocycles. The molecule has 0 saturated heterocycles. The highest BCUT2D eigenvalue weighted by Gasteiger charge is 2.31. The van der Waals surface area contributed by atoms with Crippen molar-refractivity contribution in [1.82, 2.24) is 0 Å². The van der Waals surface area contributed by atoms with Gasteiger partial charge < -0.3 is 14.2 Å². The maximum absolute atomic E-state index is 13.6. The third-order valence-corrected chi connectivity index (χ3v) is 5.63. The SMILES string of the molecule is COC(=O)c1cccc(N2C(=O)/C(=C/c3ccc(OC)c(OC)c3)C=C2c2ccc(Cl)cc2)c1. The van der Waals surface area contributed by atoms with E-state index in [1.165, 1.54) is 7.11 Å². The van der Waals surface area contributed by atoms with Gasteiger partial charge in [-0.05, 0) is 65.7 Å². The van der Waals surface area contributed by atoms with E-state index in [0.29, 0.717) is 39.0 Å². The van der Waals surface area contributed by atoms with Crippen molar-refractivity contribution in [2.45, 2.75) is 0 Å². The number of rotatable bonds is 6. The highest BCUT2D eigenvalue weighted by atomic mass is 35.5. The molecule has 3 aromatic carbocycles. The monoisotopic (exact) mass is 475 g/mol. The molecule has 0 radical (unpaired) electrons. The molecular formula is C27H22ClNO5. The highest BCUT2D eigenvalue weighted by Crippen LogP contribution is 2.37. The summed E-state index contributed by atoms with van der Waals surface area (Å²) in [4.78, 5) is 27.2. The van der Waals surface area contributed by atoms with Crippen LogP contribution in [-0.2, 0) is 9.53 Å². The molecule has 7 heteroatoms. The number of methoxy groups -OCH3 is 3. The Hall–Kier alpha value is -4.03. The Morgan fingerprint density at radius 3 is 2.32 bits per heavy atom. The zero-order chi connectivity index (χ0) is 24.2. The van der Waals surface area contributed by atoms with Crippen LogP contribution in [0.1, 0.15) is 21.5 Å². The van der Waals surface area contributed by atoms with E-state index in [-0.39, 0.29) is 5.91 Å². The maximum atomic E-state index is 13.6. The number of halogens is 1. The molecule has 0 unspecified atom stereocenters. The van der Waals surface area contributed by atoms with Crippen molar-refractivity contribution in [1.29, 1.82) is 0 Å². The van der Waals surface area contributed by atoms with E-state index in [4.69, 9.17) is 25.8 Å². The van der Waals surface area contributed by atoms with Crippen LogP contribution < -0.4 is 14.4 Å². The van der Waals surface area contributed by atoms with E-state index in [0.717, 1.165) is 11.1 Å². The molecule has 1 aliphatic rings. The van der Waals surface area contributed by atoms with Crippen LogP contribution in [0, 0.1) is 0 Å². The molecule has 1 amide bonds. The normalized spacial score (nSPS) is 14.2. The second-order valence-electron chi connectivity index (χ2n) is 7.43. The number of carbonyl (C=O) groups excluding carboxylic acids is 2. The Labute approximate surface area is 202 Å². The summed E-state index contributed by atoms with van der Waals surface area (Å²) in [6.07, 6.45) is 3.59. The van der Waals surface area contributed by atoms with E-state index in [9.17, 15) is 9.59 Å². The number of hydrogen-bond donors (Lipinski definition) is 0. The zero-order valence-electron chi connectivity index (χ0n) is 18.9. The van der Waals surface area contributed by atoms with Gasteiger partial charge in [0.25, 0.3) is 5.91 Å². The second-order valence-corrected chi connectivity index (χ2v) is 7.87. The van der Waals surface area contributed by atoms with Gasteiger partial charge in [-0.3, -0.25) is 9.69 Å². The van der Waals surface area contributed by atoms with Crippen molar-refractivity contribution in [3.63, 3.8) is 0 Å². The lowest BCUT2D eigenvalue weighted by Crippen LogP contribution is -2.25. The van der Waals surface area contributed by atoms with E-state index >= 15 is 0 Å². The lowest BCUT2D eigenvalue weighted by atomic mass is 10.1. The molecule has 3 aromatic rings. The van der Waals surface area contributed by atoms with Gasteiger partial charge in [-0.15, -0.1) is 0 Å². The minimum Gasteiger partial charge on any atom is -0.493 e. The molecule has 0 bridgehead atoms. The van der Waals surface area contributed by atoms with Gasteiger partial charge >= 0.3 is 5.97 Å². The topological polar surface area (TPSA) is 65.1 Å². The van der Waals surface area contributed by atoms with Crippen LogP contribution in [-0.4, -0.2) is 33.2 Å². The van der Waals surface area contributed by atoms with Crippen molar-refractivity contribution < 1.29 is 23.8 Å². The Bertz CT molecular complexity index is 1310. The van der Waals surface area contributed by atoms with Gasteiger partial charge in [-0.25, -0.2) is 4.79 Å². The van der Waals surface area contributed by atoms with Gasteiger partial charge in [0.1, 0.15) is 0 Å². The van der Waals surface area contributed by atoms with Crippen LogP contribution in [0.3, 0.4) is 0 Å². The Kier molecular flexibility index (Phi) is 6.70. The third-order valence-electron chi connectivity index (χ3n) is 5.38. The van der Waals surface area contributed by atoms with E-state index < -0.39 is 5.97 Å². The van der Waals surface area contributed by atoms with Crippen LogP contribution in [0.2, 0.25) is 5.02 Å². The number of benzene rings is 3. The first-order valence-electron chi connectivity index (χ1n) is 10.4. The smallest absolute Gasteiger partial charge is 0.337 e. The second kappa shape index (κ2) is 9.85. The predicted octanol–water partition coefficient (Wildman–Crippen LogP) is 5.62. The molecular weight excluding hydrogens is 454 g/mol. The maximum Gasteiger partial charge on any atom is 0.337 e. The fourth-order valence-corrected chi connectivity index (χ4v) is 3.84. The number of ether oxygens (including phenoxy) is 3. The van der Waals surface area contributed by atoms with Gasteiger partial charge in [0.05, 0.1) is 38.3 Å². The van der Waals surface area contributed by atoms with Gasteiger partial charge in [0.15, 0.2) is 11.5 Å². The van der Waals surface area contributed by atoms with Crippen molar-refractivity contribution in [3.8, 4) is 11.5 Å². The molecule has 0 aromatic heterocycles. The van der Waals surface area contributed by atoms with Crippen LogP contribution in [0.4, 0.5) is 5.69 Å². The quantitative estimate of drug-likeness (QED) is 0.342. The summed E-state index contributed by atoms with van der Waals surface area (Å²) in [7, 11) is 4.45. The Balaban J connectivity index is 1.82. The number of anilines is 1. The number of carbonyl (C=O) groups is 2. The summed E-state index contributed by atoms with van der Waals surface area (Å²) in [5.74, 6) is 0.446. The van der Waals surface area contributed by atoms with E-state index in [2.05, 4.69) is 0 Å². The van der Waals surface area contributed by atoms with Gasteiger partial charge in [0, 0.05) is 10.6 Å². The summed E-state index contributed by atoms with van der Waals surface area (Å²) in [6, 6.07) is 19.4. The summed E-state index contributed by atoms with van der Waals surface area (Å²) in [5.41, 5.74) is 3.61. The van der Waals surface area contributed by atoms with Crippen LogP contribution in [0.25, 0.3) is 11.8 Å². The number of amides is 1. The average molecular weight is 476 g/mol. The van der Waals surface area contributed by atoms with Crippen LogP contribution >= 0.6 is 11.6 Å². The van der Waals surface area contributed by atoms with Crippen molar-refractivity contribution in [2.75, 3.05) is 26.2 Å². The average Bonchev–Trinajstić information content (AvgIpc) is 3.19. The van der Waals surface area contributed by atoms with Gasteiger partial charge in [-0.2, -0.15) is 0 Å². The first-order chi connectivity index (χ1) is 16.4. The Morgan fingerprint density at radius 2 is 1.65 bits per heavy atom. The Morgan fingerprint density at radius 1 is 0.912 bits per heavy atom. The molecule has 6 nitrogen and oxygen atoms in total. The lowest BCUT2D eigenvalue weighted by molar-refractivity contribution is -0.113. The van der Waals surface area contributed by atoms with E-state index in [1.54, 1.807) is 73.7 Å². The molecule has 1 aliphatic heterocycles. The highest BCUT2D eigenvalue weighted by molar-refractivity contribution is 6.30. The standard InChI is InChI=1S/C27H22ClNO5/c1-32-24-12-7-17(14-25(24)33-2)13-20-16-23(18-8-10-21(28)11-9-18)29(26(20)30)22-6-4-5-19(15-22)27(31)34-3/h4-16H,1-3H3/b20-13+. The molecule has 0 aliphatic carbocycles. The van der Waals surface area contributed by atoms with Crippen LogP contribution in [0.15, 0.2) is 78.4 Å². The molecule has 4 rings (SSSR count). The van der Waals surface area contributed by atoms with Crippen molar-refractivity contribution in [3.05, 3.63) is 100 Å². The molecule has 34 heavy (non-hydrogen) atoms. The molecule has 0 N–H and O–H groups in total. The molecule has 0 saturated carbocycles. The fourth-order valence-electron chi connectivity index (χ4n) is 3.72. The molecule has 0 atom stereocenters. The van der Waals surface area contributed by atoms with Crippen molar-refractivity contribution in [2.24, 2.45) is 0 Å². The first-order valence-corrected chi connectivity index (χ1v) is 10.8. The number of hydrogen-bond acceptors (Lipinski definition) is 5. The zero-order valence-corrected chi connectivity index (χ0v) is 19.6. The van der Waals surface area contributed by atoms with Gasteiger partial charge in [0.2, 0.25) is 0 Å². The number of esters is 1. The minimum atomic E-state index is -0.480. The molecule has 172 valence electrons. The van der Waals surface area contributed by atoms with Gasteiger partial charge in [-0.1, -0.05) is 35.9 Å². The van der Waals surface area contributed by atoms with Crippen LogP contribution in [0.5, 0.6) is 11.5 Å².